The highest BCUT2D eigenvalue weighted by atomic mass is 35.5. The van der Waals surface area contributed by atoms with Crippen LogP contribution in [0.5, 0.6) is 0 Å². The normalized spacial score (nSPS) is 24.9. The molecule has 0 amide bonds. The van der Waals surface area contributed by atoms with Gasteiger partial charge >= 0.3 is 0 Å². The summed E-state index contributed by atoms with van der Waals surface area (Å²) < 4.78 is 0. The lowest BCUT2D eigenvalue weighted by molar-refractivity contribution is 0.273. The zero-order chi connectivity index (χ0) is 12.5. The van der Waals surface area contributed by atoms with Crippen molar-refractivity contribution in [2.45, 2.75) is 25.3 Å². The van der Waals surface area contributed by atoms with E-state index in [-0.39, 0.29) is 0 Å². The third-order valence-electron chi connectivity index (χ3n) is 4.14. The van der Waals surface area contributed by atoms with Gasteiger partial charge in [-0.05, 0) is 44.0 Å². The first-order valence-electron chi connectivity index (χ1n) is 6.78. The van der Waals surface area contributed by atoms with E-state index in [4.69, 9.17) is 17.3 Å². The summed E-state index contributed by atoms with van der Waals surface area (Å²) in [5.74, 6) is 0. The van der Waals surface area contributed by atoms with Crippen molar-refractivity contribution >= 4 is 23.0 Å². The van der Waals surface area contributed by atoms with E-state index in [1.54, 1.807) is 0 Å². The second-order valence-corrected chi connectivity index (χ2v) is 5.77. The summed E-state index contributed by atoms with van der Waals surface area (Å²) in [7, 11) is 0. The summed E-state index contributed by atoms with van der Waals surface area (Å²) in [6, 6.07) is 6.47. The molecular formula is C14H20ClN3. The second kappa shape index (κ2) is 4.98. The first-order chi connectivity index (χ1) is 8.74. The van der Waals surface area contributed by atoms with Gasteiger partial charge in [-0.15, -0.1) is 0 Å². The topological polar surface area (TPSA) is 32.5 Å². The van der Waals surface area contributed by atoms with Crippen LogP contribution in [0.15, 0.2) is 18.2 Å². The minimum Gasteiger partial charge on any atom is -0.397 e. The highest BCUT2D eigenvalue weighted by Crippen LogP contribution is 2.30. The van der Waals surface area contributed by atoms with Crippen molar-refractivity contribution in [2.24, 2.45) is 0 Å². The lowest BCUT2D eigenvalue weighted by Crippen LogP contribution is -2.36. The molecule has 0 spiro atoms. The van der Waals surface area contributed by atoms with Crippen LogP contribution in [0, 0.1) is 0 Å². The third-order valence-corrected chi connectivity index (χ3v) is 4.37. The molecule has 2 heterocycles. The summed E-state index contributed by atoms with van der Waals surface area (Å²) >= 11 is 6.10. The number of nitrogens with two attached hydrogens (primary N) is 1. The standard InChI is InChI=1S/C14H20ClN3/c15-11-4-5-13(16)14(9-11)18-8-2-7-17-6-1-3-12(17)10-18/h4-5,9,12H,1-3,6-8,10,16H2. The highest BCUT2D eigenvalue weighted by Gasteiger charge is 2.29. The number of hydrogen-bond acceptors (Lipinski definition) is 3. The van der Waals surface area contributed by atoms with Crippen LogP contribution in [-0.2, 0) is 0 Å². The van der Waals surface area contributed by atoms with Crippen LogP contribution >= 0.6 is 11.6 Å². The van der Waals surface area contributed by atoms with Crippen molar-refractivity contribution in [3.8, 4) is 0 Å². The molecule has 2 saturated heterocycles. The molecule has 2 aliphatic heterocycles. The zero-order valence-electron chi connectivity index (χ0n) is 10.6. The van der Waals surface area contributed by atoms with Gasteiger partial charge < -0.3 is 10.6 Å². The van der Waals surface area contributed by atoms with Crippen LogP contribution in [-0.4, -0.2) is 37.1 Å². The fraction of sp³-hybridized carbons (Fsp3) is 0.571. The van der Waals surface area contributed by atoms with E-state index in [0.717, 1.165) is 29.5 Å². The zero-order valence-corrected chi connectivity index (χ0v) is 11.4. The van der Waals surface area contributed by atoms with Crippen molar-refractivity contribution in [2.75, 3.05) is 36.8 Å². The maximum Gasteiger partial charge on any atom is 0.0615 e. The molecule has 0 saturated carbocycles. The molecule has 1 atom stereocenters. The molecule has 1 aromatic rings. The predicted octanol–water partition coefficient (Wildman–Crippen LogP) is 2.60. The molecule has 0 aromatic heterocycles. The Labute approximate surface area is 114 Å². The van der Waals surface area contributed by atoms with E-state index in [9.17, 15) is 0 Å². The Bertz CT molecular complexity index is 435. The molecule has 1 unspecified atom stereocenters. The summed E-state index contributed by atoms with van der Waals surface area (Å²) in [6.45, 7) is 4.66. The molecule has 2 fully saturated rings. The second-order valence-electron chi connectivity index (χ2n) is 5.33. The lowest BCUT2D eigenvalue weighted by Gasteiger charge is -2.28. The molecule has 0 aliphatic carbocycles. The lowest BCUT2D eigenvalue weighted by atomic mass is 10.2. The average molecular weight is 266 g/mol. The first kappa shape index (κ1) is 12.1. The molecule has 3 rings (SSSR count). The first-order valence-corrected chi connectivity index (χ1v) is 7.16. The van der Waals surface area contributed by atoms with E-state index in [1.165, 1.54) is 32.4 Å². The Morgan fingerprint density at radius 1 is 1.17 bits per heavy atom. The van der Waals surface area contributed by atoms with E-state index < -0.39 is 0 Å². The number of anilines is 2. The Hall–Kier alpha value is -0.930. The minimum absolute atomic E-state index is 0.700. The maximum absolute atomic E-state index is 6.10. The van der Waals surface area contributed by atoms with E-state index >= 15 is 0 Å². The maximum atomic E-state index is 6.10. The SMILES string of the molecule is Nc1ccc(Cl)cc1N1CCCN2CCCC2C1. The number of benzene rings is 1. The molecule has 2 N–H and O–H groups in total. The van der Waals surface area contributed by atoms with E-state index in [2.05, 4.69) is 9.80 Å². The number of hydrogen-bond donors (Lipinski definition) is 1. The monoisotopic (exact) mass is 265 g/mol. The fourth-order valence-electron chi connectivity index (χ4n) is 3.22. The van der Waals surface area contributed by atoms with Gasteiger partial charge in [0.2, 0.25) is 0 Å². The van der Waals surface area contributed by atoms with Gasteiger partial charge in [0.25, 0.3) is 0 Å². The summed E-state index contributed by atoms with van der Waals surface area (Å²) in [5, 5.41) is 0.770. The Morgan fingerprint density at radius 3 is 2.89 bits per heavy atom. The minimum atomic E-state index is 0.700. The molecule has 0 radical (unpaired) electrons. The molecule has 4 heteroatoms. The third kappa shape index (κ3) is 2.29. The molecule has 98 valence electrons. The molecule has 18 heavy (non-hydrogen) atoms. The van der Waals surface area contributed by atoms with Crippen LogP contribution in [0.3, 0.4) is 0 Å². The van der Waals surface area contributed by atoms with Crippen LogP contribution in [0.2, 0.25) is 5.02 Å². The number of rotatable bonds is 1. The van der Waals surface area contributed by atoms with Crippen molar-refractivity contribution in [1.82, 2.24) is 4.90 Å². The summed E-state index contributed by atoms with van der Waals surface area (Å²) in [5.41, 5.74) is 8.04. The number of nitrogens with zero attached hydrogens (tertiary/aromatic N) is 2. The van der Waals surface area contributed by atoms with Crippen molar-refractivity contribution in [3.05, 3.63) is 23.2 Å². The van der Waals surface area contributed by atoms with Gasteiger partial charge in [-0.2, -0.15) is 0 Å². The smallest absolute Gasteiger partial charge is 0.0615 e. The van der Waals surface area contributed by atoms with Gasteiger partial charge in [-0.25, -0.2) is 0 Å². The average Bonchev–Trinajstić information content (AvgIpc) is 2.70. The van der Waals surface area contributed by atoms with Gasteiger partial charge in [0.1, 0.15) is 0 Å². The van der Waals surface area contributed by atoms with Crippen LogP contribution in [0.4, 0.5) is 11.4 Å². The van der Waals surface area contributed by atoms with Crippen molar-refractivity contribution in [3.63, 3.8) is 0 Å². The Kier molecular flexibility index (Phi) is 3.35. The van der Waals surface area contributed by atoms with Gasteiger partial charge in [0.15, 0.2) is 0 Å². The quantitative estimate of drug-likeness (QED) is 0.793. The molecule has 2 aliphatic rings. The van der Waals surface area contributed by atoms with Crippen molar-refractivity contribution in [1.29, 1.82) is 0 Å². The Morgan fingerprint density at radius 2 is 2.00 bits per heavy atom. The number of nitrogen functional groups attached to an aromatic ring is 1. The Balaban J connectivity index is 1.84. The summed E-state index contributed by atoms with van der Waals surface area (Å²) in [4.78, 5) is 5.04. The predicted molar refractivity (Wildman–Crippen MR) is 77.3 cm³/mol. The van der Waals surface area contributed by atoms with Gasteiger partial charge in [0, 0.05) is 30.7 Å². The van der Waals surface area contributed by atoms with Crippen LogP contribution < -0.4 is 10.6 Å². The molecule has 1 aromatic carbocycles. The molecule has 3 nitrogen and oxygen atoms in total. The fourth-order valence-corrected chi connectivity index (χ4v) is 3.38. The van der Waals surface area contributed by atoms with Gasteiger partial charge in [0.05, 0.1) is 11.4 Å². The van der Waals surface area contributed by atoms with Gasteiger partial charge in [-0.1, -0.05) is 11.6 Å². The summed E-state index contributed by atoms with van der Waals surface area (Å²) in [6.07, 6.45) is 3.86. The van der Waals surface area contributed by atoms with Crippen molar-refractivity contribution < 1.29 is 0 Å². The molecule has 0 bridgehead atoms. The van der Waals surface area contributed by atoms with Crippen LogP contribution in [0.25, 0.3) is 0 Å². The van der Waals surface area contributed by atoms with E-state index in [0.29, 0.717) is 6.04 Å². The largest absolute Gasteiger partial charge is 0.397 e. The molecular weight excluding hydrogens is 246 g/mol. The highest BCUT2D eigenvalue weighted by molar-refractivity contribution is 6.31. The van der Waals surface area contributed by atoms with Crippen LogP contribution in [0.1, 0.15) is 19.3 Å². The van der Waals surface area contributed by atoms with E-state index in [1.807, 2.05) is 18.2 Å². The van der Waals surface area contributed by atoms with Gasteiger partial charge in [-0.3, -0.25) is 4.90 Å². The number of fused-ring (bicyclic) bond motifs is 1. The number of halogens is 1.